The molecule has 1 rings (SSSR count). The van der Waals surface area contributed by atoms with Crippen molar-refractivity contribution in [2.75, 3.05) is 33.4 Å². The van der Waals surface area contributed by atoms with E-state index in [1.54, 1.807) is 7.11 Å². The van der Waals surface area contributed by atoms with E-state index in [0.717, 1.165) is 40.8 Å². The Labute approximate surface area is 131 Å². The lowest BCUT2D eigenvalue weighted by atomic mass is 10.2. The summed E-state index contributed by atoms with van der Waals surface area (Å²) in [4.78, 5) is 0. The van der Waals surface area contributed by atoms with Gasteiger partial charge in [0.15, 0.2) is 0 Å². The minimum absolute atomic E-state index is 0.196. The smallest absolute Gasteiger partial charge is 0.147 e. The molecule has 108 valence electrons. The molecule has 0 fully saturated rings. The average molecular weight is 396 g/mol. The highest BCUT2D eigenvalue weighted by Gasteiger charge is 2.07. The normalized spacial score (nSPS) is 10.7. The Balaban J connectivity index is 2.30. The van der Waals surface area contributed by atoms with Crippen LogP contribution in [-0.4, -0.2) is 38.5 Å². The van der Waals surface area contributed by atoms with Crippen molar-refractivity contribution in [2.24, 2.45) is 0 Å². The summed E-state index contributed by atoms with van der Waals surface area (Å²) in [5, 5.41) is 15.1. The first kappa shape index (κ1) is 16.9. The molecule has 1 aromatic rings. The topological polar surface area (TPSA) is 53.5 Å². The number of nitrogens with one attached hydrogen (secondary N) is 2. The lowest BCUT2D eigenvalue weighted by Gasteiger charge is -2.10. The molecule has 0 saturated carbocycles. The van der Waals surface area contributed by atoms with Crippen molar-refractivity contribution < 1.29 is 9.84 Å². The maximum absolute atomic E-state index is 8.62. The van der Waals surface area contributed by atoms with Gasteiger partial charge in [-0.2, -0.15) is 0 Å². The summed E-state index contributed by atoms with van der Waals surface area (Å²) < 4.78 is 7.17. The van der Waals surface area contributed by atoms with E-state index in [1.165, 1.54) is 5.56 Å². The fourth-order valence-electron chi connectivity index (χ4n) is 1.68. The number of hydrogen-bond acceptors (Lipinski definition) is 4. The summed E-state index contributed by atoms with van der Waals surface area (Å²) in [6.07, 6.45) is 1.04. The van der Waals surface area contributed by atoms with Gasteiger partial charge in [-0.1, -0.05) is 0 Å². The quantitative estimate of drug-likeness (QED) is 0.561. The third-order valence-corrected chi connectivity index (χ3v) is 3.77. The Hall–Kier alpha value is -0.140. The number of aliphatic hydroxyl groups excluding tert-OH is 1. The van der Waals surface area contributed by atoms with Crippen LogP contribution in [0, 0.1) is 0 Å². The molecule has 0 aliphatic rings. The highest BCUT2D eigenvalue weighted by Crippen LogP contribution is 2.34. The molecule has 0 bridgehead atoms. The largest absolute Gasteiger partial charge is 0.494 e. The average Bonchev–Trinajstić information content (AvgIpc) is 2.37. The first-order chi connectivity index (χ1) is 9.19. The van der Waals surface area contributed by atoms with Gasteiger partial charge in [0.25, 0.3) is 0 Å². The summed E-state index contributed by atoms with van der Waals surface area (Å²) in [6, 6.07) is 4.11. The van der Waals surface area contributed by atoms with Crippen LogP contribution in [0.5, 0.6) is 5.75 Å². The summed E-state index contributed by atoms with van der Waals surface area (Å²) in [7, 11) is 1.65. The Morgan fingerprint density at radius 2 is 1.74 bits per heavy atom. The van der Waals surface area contributed by atoms with Crippen LogP contribution in [0.3, 0.4) is 0 Å². The third kappa shape index (κ3) is 6.23. The molecule has 0 radical (unpaired) electrons. The van der Waals surface area contributed by atoms with Crippen molar-refractivity contribution in [3.8, 4) is 5.75 Å². The number of aliphatic hydroxyl groups is 1. The Bertz CT molecular complexity index is 366. The summed E-state index contributed by atoms with van der Waals surface area (Å²) in [5.74, 6) is 0.817. The van der Waals surface area contributed by atoms with Crippen molar-refractivity contribution in [1.82, 2.24) is 10.6 Å². The van der Waals surface area contributed by atoms with Crippen molar-refractivity contribution in [3.63, 3.8) is 0 Å². The molecule has 19 heavy (non-hydrogen) atoms. The zero-order valence-corrected chi connectivity index (χ0v) is 14.2. The fourth-order valence-corrected chi connectivity index (χ4v) is 3.29. The van der Waals surface area contributed by atoms with Crippen LogP contribution in [-0.2, 0) is 6.54 Å². The maximum Gasteiger partial charge on any atom is 0.147 e. The van der Waals surface area contributed by atoms with Gasteiger partial charge < -0.3 is 20.5 Å². The monoisotopic (exact) mass is 394 g/mol. The predicted octanol–water partition coefficient (Wildman–Crippen LogP) is 2.28. The molecule has 0 aliphatic heterocycles. The van der Waals surface area contributed by atoms with E-state index in [0.29, 0.717) is 6.54 Å². The molecule has 3 N–H and O–H groups in total. The van der Waals surface area contributed by atoms with Crippen molar-refractivity contribution >= 4 is 31.9 Å². The number of rotatable bonds is 9. The van der Waals surface area contributed by atoms with E-state index in [9.17, 15) is 0 Å². The molecule has 0 aromatic heterocycles. The van der Waals surface area contributed by atoms with Gasteiger partial charge in [0.1, 0.15) is 5.75 Å². The van der Waals surface area contributed by atoms with Gasteiger partial charge in [0.05, 0.1) is 22.7 Å². The standard InChI is InChI=1S/C13H20Br2N2O2/c1-19-13-11(14)7-10(8-12(13)15)9-17-4-2-3-16-5-6-18/h7-8,16-18H,2-6,9H2,1H3. The van der Waals surface area contributed by atoms with E-state index >= 15 is 0 Å². The molecule has 0 atom stereocenters. The second kappa shape index (κ2) is 9.72. The minimum atomic E-state index is 0.196. The number of ether oxygens (including phenoxy) is 1. The van der Waals surface area contributed by atoms with Gasteiger partial charge in [-0.05, 0) is 69.1 Å². The first-order valence-electron chi connectivity index (χ1n) is 6.23. The van der Waals surface area contributed by atoms with E-state index in [-0.39, 0.29) is 6.61 Å². The zero-order chi connectivity index (χ0) is 14.1. The van der Waals surface area contributed by atoms with E-state index in [4.69, 9.17) is 9.84 Å². The number of halogens is 2. The first-order valence-corrected chi connectivity index (χ1v) is 7.82. The van der Waals surface area contributed by atoms with E-state index < -0.39 is 0 Å². The fraction of sp³-hybridized carbons (Fsp3) is 0.538. The van der Waals surface area contributed by atoms with Crippen molar-refractivity contribution in [2.45, 2.75) is 13.0 Å². The van der Waals surface area contributed by atoms with Gasteiger partial charge in [0.2, 0.25) is 0 Å². The molecule has 4 nitrogen and oxygen atoms in total. The molecule has 0 heterocycles. The summed E-state index contributed by atoms with van der Waals surface area (Å²) in [6.45, 7) is 3.55. The minimum Gasteiger partial charge on any atom is -0.494 e. The molecule has 0 saturated heterocycles. The van der Waals surface area contributed by atoms with Crippen LogP contribution in [0.2, 0.25) is 0 Å². The molecule has 6 heteroatoms. The zero-order valence-electron chi connectivity index (χ0n) is 11.0. The molecular weight excluding hydrogens is 376 g/mol. The second-order valence-corrected chi connectivity index (χ2v) is 5.81. The Morgan fingerprint density at radius 3 is 2.32 bits per heavy atom. The Morgan fingerprint density at radius 1 is 1.11 bits per heavy atom. The molecule has 0 spiro atoms. The number of hydrogen-bond donors (Lipinski definition) is 3. The van der Waals surface area contributed by atoms with E-state index in [1.807, 2.05) is 0 Å². The van der Waals surface area contributed by atoms with Gasteiger partial charge in [-0.3, -0.25) is 0 Å². The van der Waals surface area contributed by atoms with Crippen molar-refractivity contribution in [3.05, 3.63) is 26.6 Å². The van der Waals surface area contributed by atoms with Crippen LogP contribution < -0.4 is 15.4 Å². The predicted molar refractivity (Wildman–Crippen MR) is 84.7 cm³/mol. The summed E-state index contributed by atoms with van der Waals surface area (Å²) >= 11 is 6.99. The van der Waals surface area contributed by atoms with Crippen LogP contribution in [0.1, 0.15) is 12.0 Å². The van der Waals surface area contributed by atoms with Crippen molar-refractivity contribution in [1.29, 1.82) is 0 Å². The maximum atomic E-state index is 8.62. The lowest BCUT2D eigenvalue weighted by molar-refractivity contribution is 0.292. The number of methoxy groups -OCH3 is 1. The second-order valence-electron chi connectivity index (χ2n) is 4.10. The Kier molecular flexibility index (Phi) is 8.65. The highest BCUT2D eigenvalue weighted by atomic mass is 79.9. The van der Waals surface area contributed by atoms with Gasteiger partial charge in [0, 0.05) is 13.1 Å². The van der Waals surface area contributed by atoms with Gasteiger partial charge in [-0.15, -0.1) is 0 Å². The molecule has 0 unspecified atom stereocenters. The van der Waals surface area contributed by atoms with Gasteiger partial charge >= 0.3 is 0 Å². The van der Waals surface area contributed by atoms with Crippen LogP contribution in [0.4, 0.5) is 0 Å². The molecule has 0 amide bonds. The molecule has 1 aromatic carbocycles. The van der Waals surface area contributed by atoms with Crippen LogP contribution in [0.25, 0.3) is 0 Å². The lowest BCUT2D eigenvalue weighted by Crippen LogP contribution is -2.23. The number of benzene rings is 1. The third-order valence-electron chi connectivity index (χ3n) is 2.59. The van der Waals surface area contributed by atoms with Gasteiger partial charge in [-0.25, -0.2) is 0 Å². The molecular formula is C13H20Br2N2O2. The molecule has 0 aliphatic carbocycles. The summed E-state index contributed by atoms with van der Waals surface area (Å²) in [5.41, 5.74) is 1.20. The van der Waals surface area contributed by atoms with Crippen LogP contribution in [0.15, 0.2) is 21.1 Å². The van der Waals surface area contributed by atoms with E-state index in [2.05, 4.69) is 54.6 Å². The highest BCUT2D eigenvalue weighted by molar-refractivity contribution is 9.11. The van der Waals surface area contributed by atoms with Crippen LogP contribution >= 0.6 is 31.9 Å². The SMILES string of the molecule is COc1c(Br)cc(CNCCCNCCO)cc1Br.